The third-order valence-corrected chi connectivity index (χ3v) is 9.10. The van der Waals surface area contributed by atoms with Gasteiger partial charge in [-0.05, 0) is 74.2 Å². The van der Waals surface area contributed by atoms with Gasteiger partial charge >= 0.3 is 0 Å². The van der Waals surface area contributed by atoms with Crippen LogP contribution < -0.4 is 9.62 Å². The van der Waals surface area contributed by atoms with E-state index in [1.165, 1.54) is 12.1 Å². The summed E-state index contributed by atoms with van der Waals surface area (Å²) in [5, 5.41) is 2.91. The Balaban J connectivity index is 1.94. The molecule has 0 heterocycles. The van der Waals surface area contributed by atoms with Crippen molar-refractivity contribution >= 4 is 31.5 Å². The highest BCUT2D eigenvalue weighted by atomic mass is 32.2. The molecule has 1 atom stereocenters. The second-order valence-electron chi connectivity index (χ2n) is 8.91. The molecular weight excluding hydrogens is 496 g/mol. The van der Waals surface area contributed by atoms with E-state index in [4.69, 9.17) is 0 Å². The molecule has 0 aromatic heterocycles. The van der Waals surface area contributed by atoms with E-state index in [0.29, 0.717) is 12.1 Å². The molecule has 3 aromatic carbocycles. The maximum Gasteiger partial charge on any atom is 0.264 e. The normalized spacial score (nSPS) is 12.7. The van der Waals surface area contributed by atoms with Gasteiger partial charge in [-0.3, -0.25) is 9.10 Å². The van der Waals surface area contributed by atoms with Crippen molar-refractivity contribution in [3.63, 3.8) is 0 Å². The highest BCUT2D eigenvalue weighted by Crippen LogP contribution is 2.29. The molecule has 3 aromatic rings. The molecule has 7 nitrogen and oxygen atoms in total. The summed E-state index contributed by atoms with van der Waals surface area (Å²) in [5.41, 5.74) is 3.78. The molecule has 9 heteroatoms. The standard InChI is InChI=1S/C27H32N2O5S2/c1-6-25(22-12-16-23(17-13-22)35(5,31)32)28-27(30)18-29(26-9-7-8-20(3)21(26)4)36(33,34)24-14-10-19(2)11-15-24/h7-17,25H,6,18H2,1-5H3,(H,28,30). The van der Waals surface area contributed by atoms with Crippen LogP contribution in [0.3, 0.4) is 0 Å². The molecular formula is C27H32N2O5S2. The van der Waals surface area contributed by atoms with Gasteiger partial charge in [-0.2, -0.15) is 0 Å². The number of nitrogens with one attached hydrogen (secondary N) is 1. The number of sulfone groups is 1. The van der Waals surface area contributed by atoms with Crippen LogP contribution in [0.15, 0.2) is 76.5 Å². The zero-order chi connectivity index (χ0) is 26.7. The van der Waals surface area contributed by atoms with E-state index in [0.717, 1.165) is 32.8 Å². The van der Waals surface area contributed by atoms with Gasteiger partial charge in [0.25, 0.3) is 10.0 Å². The van der Waals surface area contributed by atoms with E-state index in [1.54, 1.807) is 48.5 Å². The highest BCUT2D eigenvalue weighted by molar-refractivity contribution is 7.93. The van der Waals surface area contributed by atoms with E-state index >= 15 is 0 Å². The molecule has 0 radical (unpaired) electrons. The molecule has 3 rings (SSSR count). The number of rotatable bonds is 9. The van der Waals surface area contributed by atoms with E-state index in [2.05, 4.69) is 5.32 Å². The predicted octanol–water partition coefficient (Wildman–Crippen LogP) is 4.48. The Kier molecular flexibility index (Phi) is 8.26. The van der Waals surface area contributed by atoms with Crippen molar-refractivity contribution in [2.45, 2.75) is 49.9 Å². The summed E-state index contributed by atoms with van der Waals surface area (Å²) < 4.78 is 52.1. The molecule has 192 valence electrons. The summed E-state index contributed by atoms with van der Waals surface area (Å²) in [6, 6.07) is 17.8. The monoisotopic (exact) mass is 528 g/mol. The van der Waals surface area contributed by atoms with E-state index < -0.39 is 38.4 Å². The number of sulfonamides is 1. The molecule has 0 spiro atoms. The van der Waals surface area contributed by atoms with Gasteiger partial charge in [0.15, 0.2) is 9.84 Å². The molecule has 0 aliphatic heterocycles. The number of hydrogen-bond donors (Lipinski definition) is 1. The number of anilines is 1. The number of amides is 1. The summed E-state index contributed by atoms with van der Waals surface area (Å²) in [7, 11) is -7.36. The molecule has 36 heavy (non-hydrogen) atoms. The molecule has 0 bridgehead atoms. The minimum Gasteiger partial charge on any atom is -0.348 e. The lowest BCUT2D eigenvalue weighted by Gasteiger charge is -2.27. The van der Waals surface area contributed by atoms with E-state index in [9.17, 15) is 21.6 Å². The minimum absolute atomic E-state index is 0.102. The fraction of sp³-hybridized carbons (Fsp3) is 0.296. The fourth-order valence-corrected chi connectivity index (χ4v) is 5.99. The SMILES string of the molecule is CCC(NC(=O)CN(c1cccc(C)c1C)S(=O)(=O)c1ccc(C)cc1)c1ccc(S(C)(=O)=O)cc1. The Morgan fingerprint density at radius 3 is 2.00 bits per heavy atom. The van der Waals surface area contributed by atoms with Crippen molar-refractivity contribution in [2.24, 2.45) is 0 Å². The van der Waals surface area contributed by atoms with Crippen molar-refractivity contribution in [3.05, 3.63) is 89.0 Å². The van der Waals surface area contributed by atoms with E-state index in [-0.39, 0.29) is 9.79 Å². The minimum atomic E-state index is -4.03. The lowest BCUT2D eigenvalue weighted by atomic mass is 10.0. The van der Waals surface area contributed by atoms with Crippen LogP contribution in [0.2, 0.25) is 0 Å². The third-order valence-electron chi connectivity index (χ3n) is 6.20. The number of carbonyl (C=O) groups excluding carboxylic acids is 1. The number of carbonyl (C=O) groups is 1. The first-order valence-corrected chi connectivity index (χ1v) is 14.9. The topological polar surface area (TPSA) is 101 Å². The van der Waals surface area contributed by atoms with E-state index in [1.807, 2.05) is 33.8 Å². The van der Waals surface area contributed by atoms with Crippen LogP contribution in [0.5, 0.6) is 0 Å². The Hall–Kier alpha value is -3.17. The summed E-state index contributed by atoms with van der Waals surface area (Å²) in [5.74, 6) is -0.467. The zero-order valence-electron chi connectivity index (χ0n) is 21.1. The predicted molar refractivity (Wildman–Crippen MR) is 142 cm³/mol. The van der Waals surface area contributed by atoms with Crippen molar-refractivity contribution in [1.82, 2.24) is 5.32 Å². The summed E-state index contributed by atoms with van der Waals surface area (Å²) in [4.78, 5) is 13.5. The smallest absolute Gasteiger partial charge is 0.264 e. The van der Waals surface area contributed by atoms with Crippen LogP contribution in [0, 0.1) is 20.8 Å². The average molecular weight is 529 g/mol. The van der Waals surface area contributed by atoms with Gasteiger partial charge in [0, 0.05) is 6.26 Å². The number of aryl methyl sites for hydroxylation is 2. The van der Waals surface area contributed by atoms with Gasteiger partial charge in [-0.25, -0.2) is 16.8 Å². The van der Waals surface area contributed by atoms with Crippen LogP contribution in [0.4, 0.5) is 5.69 Å². The van der Waals surface area contributed by atoms with Gasteiger partial charge in [0.1, 0.15) is 6.54 Å². The Labute approximate surface area is 214 Å². The third kappa shape index (κ3) is 6.14. The molecule has 0 fully saturated rings. The Bertz CT molecular complexity index is 1450. The molecule has 0 saturated carbocycles. The largest absolute Gasteiger partial charge is 0.348 e. The molecule has 0 saturated heterocycles. The molecule has 1 N–H and O–H groups in total. The second-order valence-corrected chi connectivity index (χ2v) is 12.8. The van der Waals surface area contributed by atoms with Gasteiger partial charge in [-0.15, -0.1) is 0 Å². The van der Waals surface area contributed by atoms with Gasteiger partial charge in [-0.1, -0.05) is 48.9 Å². The van der Waals surface area contributed by atoms with Crippen molar-refractivity contribution in [3.8, 4) is 0 Å². The summed E-state index contributed by atoms with van der Waals surface area (Å²) in [6.07, 6.45) is 1.68. The van der Waals surface area contributed by atoms with Gasteiger partial charge in [0.05, 0.1) is 21.5 Å². The first-order chi connectivity index (χ1) is 16.8. The number of nitrogens with zero attached hydrogens (tertiary/aromatic N) is 1. The molecule has 1 amide bonds. The lowest BCUT2D eigenvalue weighted by Crippen LogP contribution is -2.42. The Morgan fingerprint density at radius 1 is 0.861 bits per heavy atom. The van der Waals surface area contributed by atoms with Gasteiger partial charge < -0.3 is 5.32 Å². The lowest BCUT2D eigenvalue weighted by molar-refractivity contribution is -0.120. The van der Waals surface area contributed by atoms with Crippen LogP contribution in [-0.2, 0) is 24.7 Å². The van der Waals surface area contributed by atoms with Crippen LogP contribution in [0.1, 0.15) is 41.6 Å². The highest BCUT2D eigenvalue weighted by Gasteiger charge is 2.29. The maximum absolute atomic E-state index is 13.7. The zero-order valence-corrected chi connectivity index (χ0v) is 22.8. The quantitative estimate of drug-likeness (QED) is 0.441. The van der Waals surface area contributed by atoms with Gasteiger partial charge in [0.2, 0.25) is 5.91 Å². The average Bonchev–Trinajstić information content (AvgIpc) is 2.83. The van der Waals surface area contributed by atoms with Crippen LogP contribution in [0.25, 0.3) is 0 Å². The van der Waals surface area contributed by atoms with Crippen LogP contribution >= 0.6 is 0 Å². The van der Waals surface area contributed by atoms with Crippen molar-refractivity contribution < 1.29 is 21.6 Å². The molecule has 1 unspecified atom stereocenters. The molecule has 0 aliphatic carbocycles. The number of hydrogen-bond acceptors (Lipinski definition) is 5. The second kappa shape index (κ2) is 10.8. The fourth-order valence-electron chi connectivity index (χ4n) is 3.88. The van der Waals surface area contributed by atoms with Crippen molar-refractivity contribution in [1.29, 1.82) is 0 Å². The number of benzene rings is 3. The van der Waals surface area contributed by atoms with Crippen molar-refractivity contribution in [2.75, 3.05) is 17.1 Å². The first kappa shape index (κ1) is 27.4. The first-order valence-electron chi connectivity index (χ1n) is 11.6. The summed E-state index contributed by atoms with van der Waals surface area (Å²) >= 11 is 0. The maximum atomic E-state index is 13.7. The molecule has 0 aliphatic rings. The summed E-state index contributed by atoms with van der Waals surface area (Å²) in [6.45, 7) is 7.08. The Morgan fingerprint density at radius 2 is 1.44 bits per heavy atom. The van der Waals surface area contributed by atoms with Crippen LogP contribution in [-0.4, -0.2) is 35.5 Å².